The van der Waals surface area contributed by atoms with E-state index in [2.05, 4.69) is 15.3 Å². The van der Waals surface area contributed by atoms with Crippen molar-refractivity contribution in [1.82, 2.24) is 20.0 Å². The third-order valence-electron chi connectivity index (χ3n) is 4.82. The molecule has 2 aromatic carbocycles. The van der Waals surface area contributed by atoms with Crippen molar-refractivity contribution in [3.8, 4) is 28.3 Å². The summed E-state index contributed by atoms with van der Waals surface area (Å²) in [4.78, 5) is 10.8. The minimum absolute atomic E-state index is 0.171. The highest BCUT2D eigenvalue weighted by Crippen LogP contribution is 2.32. The molecule has 0 atom stereocenters. The Morgan fingerprint density at radius 1 is 1.16 bits per heavy atom. The standard InChI is InChI=1S/C20H18BN5O5/c1-29-13-8-24-26(10-13)19-7-20(30-2)16(21(28)31-11-27)6-15(19)12-3-4-14-17(22)9-23-25-18(14)5-12/h3-11,28H,1-2H3,(H2,22,25). The Hall–Kier alpha value is -4.12. The molecule has 0 aliphatic rings. The lowest BCUT2D eigenvalue weighted by Gasteiger charge is -2.17. The molecule has 0 unspecified atom stereocenters. The quantitative estimate of drug-likeness (QED) is 0.332. The van der Waals surface area contributed by atoms with Gasteiger partial charge in [-0.25, -0.2) is 4.68 Å². The topological polar surface area (TPSA) is 135 Å². The number of carbonyl (C=O) groups excluding carboxylic acids is 1. The van der Waals surface area contributed by atoms with Crippen LogP contribution in [0.15, 0.2) is 48.9 Å². The van der Waals surface area contributed by atoms with E-state index in [1.165, 1.54) is 13.3 Å². The fourth-order valence-corrected chi connectivity index (χ4v) is 3.29. The van der Waals surface area contributed by atoms with E-state index in [1.807, 2.05) is 18.2 Å². The molecule has 0 bridgehead atoms. The molecule has 0 saturated carbocycles. The van der Waals surface area contributed by atoms with Crippen LogP contribution in [0.2, 0.25) is 0 Å². The van der Waals surface area contributed by atoms with Gasteiger partial charge in [-0.15, -0.1) is 0 Å². The summed E-state index contributed by atoms with van der Waals surface area (Å²) in [6.45, 7) is 0.171. The molecule has 4 aromatic rings. The normalized spacial score (nSPS) is 10.7. The molecule has 0 aliphatic heterocycles. The number of carbonyl (C=O) groups is 1. The predicted molar refractivity (Wildman–Crippen MR) is 114 cm³/mol. The van der Waals surface area contributed by atoms with E-state index < -0.39 is 7.12 Å². The van der Waals surface area contributed by atoms with Crippen LogP contribution in [0.5, 0.6) is 11.5 Å². The van der Waals surface area contributed by atoms with Crippen molar-refractivity contribution in [3.63, 3.8) is 0 Å². The number of benzene rings is 2. The Balaban J connectivity index is 1.97. The van der Waals surface area contributed by atoms with Crippen LogP contribution >= 0.6 is 0 Å². The van der Waals surface area contributed by atoms with Crippen molar-refractivity contribution in [2.75, 3.05) is 20.0 Å². The van der Waals surface area contributed by atoms with E-state index in [9.17, 15) is 9.82 Å². The second-order valence-electron chi connectivity index (χ2n) is 6.55. The number of fused-ring (bicyclic) bond motifs is 1. The van der Waals surface area contributed by atoms with Gasteiger partial charge in [0.05, 0.1) is 49.7 Å². The van der Waals surface area contributed by atoms with Crippen LogP contribution < -0.4 is 20.7 Å². The van der Waals surface area contributed by atoms with Crippen LogP contribution in [-0.4, -0.2) is 52.8 Å². The fraction of sp³-hybridized carbons (Fsp3) is 0.100. The molecule has 0 spiro atoms. The van der Waals surface area contributed by atoms with Gasteiger partial charge in [-0.05, 0) is 23.8 Å². The first kappa shape index (κ1) is 20.2. The summed E-state index contributed by atoms with van der Waals surface area (Å²) in [5.41, 5.74) is 9.43. The summed E-state index contributed by atoms with van der Waals surface area (Å²) in [6, 6.07) is 8.87. The molecule has 10 nitrogen and oxygen atoms in total. The average Bonchev–Trinajstić information content (AvgIpc) is 3.27. The van der Waals surface area contributed by atoms with Gasteiger partial charge in [0.25, 0.3) is 6.47 Å². The van der Waals surface area contributed by atoms with Gasteiger partial charge in [0.1, 0.15) is 5.75 Å². The molecule has 31 heavy (non-hydrogen) atoms. The first-order valence-corrected chi connectivity index (χ1v) is 9.15. The van der Waals surface area contributed by atoms with Crippen LogP contribution in [0, 0.1) is 0 Å². The molecular weight excluding hydrogens is 401 g/mol. The van der Waals surface area contributed by atoms with E-state index in [1.54, 1.807) is 36.3 Å². The zero-order valence-electron chi connectivity index (χ0n) is 16.7. The summed E-state index contributed by atoms with van der Waals surface area (Å²) in [6.07, 6.45) is 4.76. The number of nitrogens with zero attached hydrogens (tertiary/aromatic N) is 4. The van der Waals surface area contributed by atoms with Gasteiger partial charge in [0, 0.05) is 22.5 Å². The molecule has 0 fully saturated rings. The molecule has 0 saturated heterocycles. The second-order valence-corrected chi connectivity index (χ2v) is 6.55. The zero-order chi connectivity index (χ0) is 22.0. The summed E-state index contributed by atoms with van der Waals surface area (Å²) in [7, 11) is 1.49. The van der Waals surface area contributed by atoms with Crippen molar-refractivity contribution < 1.29 is 23.9 Å². The zero-order valence-corrected chi connectivity index (χ0v) is 16.7. The number of anilines is 1. The van der Waals surface area contributed by atoms with Crippen LogP contribution in [0.4, 0.5) is 5.69 Å². The lowest BCUT2D eigenvalue weighted by Crippen LogP contribution is -2.34. The Morgan fingerprint density at radius 3 is 2.71 bits per heavy atom. The van der Waals surface area contributed by atoms with Crippen LogP contribution in [0.25, 0.3) is 27.7 Å². The van der Waals surface area contributed by atoms with Crippen LogP contribution in [-0.2, 0) is 9.45 Å². The van der Waals surface area contributed by atoms with Gasteiger partial charge in [-0.2, -0.15) is 15.3 Å². The van der Waals surface area contributed by atoms with Gasteiger partial charge < -0.3 is 24.9 Å². The van der Waals surface area contributed by atoms with Gasteiger partial charge in [0.2, 0.25) is 0 Å². The highest BCUT2D eigenvalue weighted by Gasteiger charge is 2.26. The number of methoxy groups -OCH3 is 2. The third-order valence-corrected chi connectivity index (χ3v) is 4.82. The van der Waals surface area contributed by atoms with Crippen molar-refractivity contribution in [2.24, 2.45) is 0 Å². The van der Waals surface area contributed by atoms with Crippen molar-refractivity contribution in [3.05, 3.63) is 48.9 Å². The maximum Gasteiger partial charge on any atom is 0.565 e. The molecule has 0 amide bonds. The summed E-state index contributed by atoms with van der Waals surface area (Å²) < 4.78 is 17.0. The highest BCUT2D eigenvalue weighted by atomic mass is 16.6. The smallest absolute Gasteiger partial charge is 0.508 e. The molecule has 11 heteroatoms. The Bertz CT molecular complexity index is 1260. The number of nitrogen functional groups attached to an aromatic ring is 1. The summed E-state index contributed by atoms with van der Waals surface area (Å²) in [5, 5.41) is 23.5. The Kier molecular flexibility index (Phi) is 5.42. The highest BCUT2D eigenvalue weighted by molar-refractivity contribution is 6.62. The van der Waals surface area contributed by atoms with Crippen molar-refractivity contribution in [1.29, 1.82) is 0 Å². The molecule has 156 valence electrons. The Labute approximate surface area is 177 Å². The number of nitrogens with two attached hydrogens (primary N) is 1. The number of aromatic nitrogens is 4. The largest absolute Gasteiger partial charge is 0.565 e. The van der Waals surface area contributed by atoms with Gasteiger partial charge in [-0.3, -0.25) is 4.79 Å². The van der Waals surface area contributed by atoms with Crippen molar-refractivity contribution in [2.45, 2.75) is 0 Å². The first-order chi connectivity index (χ1) is 15.0. The van der Waals surface area contributed by atoms with Gasteiger partial charge in [-0.1, -0.05) is 6.07 Å². The van der Waals surface area contributed by atoms with Crippen molar-refractivity contribution >= 4 is 35.6 Å². The maximum absolute atomic E-state index is 10.8. The van der Waals surface area contributed by atoms with E-state index in [4.69, 9.17) is 19.9 Å². The molecule has 3 N–H and O–H groups in total. The summed E-state index contributed by atoms with van der Waals surface area (Å²) in [5.74, 6) is 0.878. The molecule has 0 radical (unpaired) electrons. The fourth-order valence-electron chi connectivity index (χ4n) is 3.29. The maximum atomic E-state index is 10.8. The minimum Gasteiger partial charge on any atom is -0.508 e. The van der Waals surface area contributed by atoms with Crippen LogP contribution in [0.3, 0.4) is 0 Å². The monoisotopic (exact) mass is 419 g/mol. The summed E-state index contributed by atoms with van der Waals surface area (Å²) >= 11 is 0. The predicted octanol–water partition coefficient (Wildman–Crippen LogP) is 0.942. The van der Waals surface area contributed by atoms with Gasteiger partial charge >= 0.3 is 7.12 Å². The van der Waals surface area contributed by atoms with E-state index >= 15 is 0 Å². The minimum atomic E-state index is -1.51. The third kappa shape index (κ3) is 3.73. The number of hydrogen-bond donors (Lipinski definition) is 2. The average molecular weight is 419 g/mol. The number of hydrogen-bond acceptors (Lipinski definition) is 9. The molecule has 0 aliphatic carbocycles. The number of ether oxygens (including phenoxy) is 2. The molecule has 2 aromatic heterocycles. The van der Waals surface area contributed by atoms with Gasteiger partial charge in [0.15, 0.2) is 5.75 Å². The van der Waals surface area contributed by atoms with E-state index in [0.717, 1.165) is 10.9 Å². The number of rotatable bonds is 7. The lowest BCUT2D eigenvalue weighted by molar-refractivity contribution is -0.121. The second kappa shape index (κ2) is 8.32. The Morgan fingerprint density at radius 2 is 2.00 bits per heavy atom. The molecule has 2 heterocycles. The molecular formula is C20H18BN5O5. The lowest BCUT2D eigenvalue weighted by atomic mass is 9.77. The van der Waals surface area contributed by atoms with E-state index in [0.29, 0.717) is 34.0 Å². The first-order valence-electron chi connectivity index (χ1n) is 9.15. The SMILES string of the molecule is COc1cnn(-c2cc(OC)c(B(O)OC=O)cc2-c2ccc3c(N)cnnc3c2)c1. The van der Waals surface area contributed by atoms with E-state index in [-0.39, 0.29) is 11.9 Å². The van der Waals surface area contributed by atoms with Crippen LogP contribution in [0.1, 0.15) is 0 Å². The molecule has 4 rings (SSSR count).